The van der Waals surface area contributed by atoms with Gasteiger partial charge in [0.05, 0.1) is 16.4 Å². The second-order valence-electron chi connectivity index (χ2n) is 4.92. The first-order valence-corrected chi connectivity index (χ1v) is 8.27. The summed E-state index contributed by atoms with van der Waals surface area (Å²) in [7, 11) is 0. The summed E-state index contributed by atoms with van der Waals surface area (Å²) in [6.07, 6.45) is 0.876. The van der Waals surface area contributed by atoms with Gasteiger partial charge in [-0.1, -0.05) is 18.5 Å². The first kappa shape index (κ1) is 15.5. The maximum absolute atomic E-state index is 6.42. The Balaban J connectivity index is 2.28. The second kappa shape index (κ2) is 6.74. The lowest BCUT2D eigenvalue weighted by Crippen LogP contribution is -2.23. The van der Waals surface area contributed by atoms with Gasteiger partial charge in [-0.2, -0.15) is 5.10 Å². The van der Waals surface area contributed by atoms with Gasteiger partial charge in [0.25, 0.3) is 0 Å². The number of hydrogen-bond donors (Lipinski definition) is 1. The maximum Gasteiger partial charge on any atom is 0.0847 e. The zero-order valence-electron chi connectivity index (χ0n) is 12.5. The smallest absolute Gasteiger partial charge is 0.0847 e. The molecule has 0 radical (unpaired) electrons. The van der Waals surface area contributed by atoms with Crippen molar-refractivity contribution in [2.75, 3.05) is 6.54 Å². The highest BCUT2D eigenvalue weighted by molar-refractivity contribution is 7.12. The standard InChI is InChI=1S/C15H22ClN3S/c1-5-17-12(14-8-7-10(3)20-14)9-13-15(16)11(4)18-19(13)6-2/h7-8,12,17H,5-6,9H2,1-4H3. The van der Waals surface area contributed by atoms with Crippen LogP contribution in [0.2, 0.25) is 5.02 Å². The van der Waals surface area contributed by atoms with Crippen LogP contribution in [0, 0.1) is 13.8 Å². The Bertz CT molecular complexity index is 574. The largest absolute Gasteiger partial charge is 0.309 e. The molecule has 0 bridgehead atoms. The number of thiophene rings is 1. The third-order valence-corrected chi connectivity index (χ3v) is 5.01. The van der Waals surface area contributed by atoms with Gasteiger partial charge < -0.3 is 5.32 Å². The van der Waals surface area contributed by atoms with Gasteiger partial charge >= 0.3 is 0 Å². The summed E-state index contributed by atoms with van der Waals surface area (Å²) in [6.45, 7) is 10.1. The van der Waals surface area contributed by atoms with Gasteiger partial charge in [0.1, 0.15) is 0 Å². The highest BCUT2D eigenvalue weighted by Gasteiger charge is 2.19. The van der Waals surface area contributed by atoms with E-state index in [1.807, 2.05) is 22.9 Å². The number of nitrogens with one attached hydrogen (secondary N) is 1. The van der Waals surface area contributed by atoms with E-state index in [9.17, 15) is 0 Å². The van der Waals surface area contributed by atoms with Crippen LogP contribution in [0.4, 0.5) is 0 Å². The average molecular weight is 312 g/mol. The minimum Gasteiger partial charge on any atom is -0.309 e. The van der Waals surface area contributed by atoms with Crippen LogP contribution >= 0.6 is 22.9 Å². The Hall–Kier alpha value is -0.840. The normalized spacial score (nSPS) is 12.8. The van der Waals surface area contributed by atoms with E-state index >= 15 is 0 Å². The van der Waals surface area contributed by atoms with Gasteiger partial charge in [0.2, 0.25) is 0 Å². The Morgan fingerprint density at radius 3 is 2.65 bits per heavy atom. The average Bonchev–Trinajstić information content (AvgIpc) is 2.96. The maximum atomic E-state index is 6.42. The predicted octanol–water partition coefficient (Wildman–Crippen LogP) is 4.13. The summed E-state index contributed by atoms with van der Waals surface area (Å²) < 4.78 is 2.02. The van der Waals surface area contributed by atoms with Crippen molar-refractivity contribution in [2.24, 2.45) is 0 Å². The minimum atomic E-state index is 0.303. The van der Waals surface area contributed by atoms with Crippen LogP contribution in [0.15, 0.2) is 12.1 Å². The van der Waals surface area contributed by atoms with Crippen molar-refractivity contribution >= 4 is 22.9 Å². The molecule has 110 valence electrons. The first-order valence-electron chi connectivity index (χ1n) is 7.08. The molecule has 0 fully saturated rings. The van der Waals surface area contributed by atoms with Crippen LogP contribution < -0.4 is 5.32 Å². The Morgan fingerprint density at radius 2 is 2.10 bits per heavy atom. The Morgan fingerprint density at radius 1 is 1.35 bits per heavy atom. The molecule has 2 aromatic heterocycles. The van der Waals surface area contributed by atoms with E-state index in [1.54, 1.807) is 0 Å². The van der Waals surface area contributed by atoms with E-state index in [-0.39, 0.29) is 0 Å². The third-order valence-electron chi connectivity index (χ3n) is 3.41. The molecule has 0 saturated heterocycles. The van der Waals surface area contributed by atoms with Crippen molar-refractivity contribution in [3.8, 4) is 0 Å². The first-order chi connectivity index (χ1) is 9.56. The molecule has 1 N–H and O–H groups in total. The minimum absolute atomic E-state index is 0.303. The summed E-state index contributed by atoms with van der Waals surface area (Å²) in [5.74, 6) is 0. The molecule has 2 heterocycles. The van der Waals surface area contributed by atoms with E-state index in [0.29, 0.717) is 6.04 Å². The van der Waals surface area contributed by atoms with E-state index in [4.69, 9.17) is 11.6 Å². The molecule has 0 aromatic carbocycles. The number of halogens is 1. The molecule has 2 aromatic rings. The van der Waals surface area contributed by atoms with E-state index in [2.05, 4.69) is 43.3 Å². The molecule has 20 heavy (non-hydrogen) atoms. The van der Waals surface area contributed by atoms with Crippen LogP contribution in [-0.4, -0.2) is 16.3 Å². The lowest BCUT2D eigenvalue weighted by Gasteiger charge is -2.17. The van der Waals surface area contributed by atoms with Crippen molar-refractivity contribution in [2.45, 2.75) is 46.7 Å². The molecule has 0 aliphatic heterocycles. The van der Waals surface area contributed by atoms with Crippen molar-refractivity contribution in [1.29, 1.82) is 0 Å². The van der Waals surface area contributed by atoms with Crippen molar-refractivity contribution in [3.63, 3.8) is 0 Å². The fraction of sp³-hybridized carbons (Fsp3) is 0.533. The summed E-state index contributed by atoms with van der Waals surface area (Å²) >= 11 is 8.27. The molecule has 3 nitrogen and oxygen atoms in total. The zero-order chi connectivity index (χ0) is 14.7. The molecule has 0 aliphatic carbocycles. The van der Waals surface area contributed by atoms with E-state index in [0.717, 1.165) is 35.9 Å². The summed E-state index contributed by atoms with van der Waals surface area (Å²) in [5, 5.41) is 8.87. The second-order valence-corrected chi connectivity index (χ2v) is 6.62. The molecule has 5 heteroatoms. The fourth-order valence-electron chi connectivity index (χ4n) is 2.42. The Kier molecular flexibility index (Phi) is 5.24. The Labute approximate surface area is 130 Å². The van der Waals surface area contributed by atoms with Crippen LogP contribution in [0.1, 0.15) is 41.0 Å². The molecule has 0 spiro atoms. The molecule has 0 amide bonds. The van der Waals surface area contributed by atoms with Crippen molar-refractivity contribution in [3.05, 3.63) is 38.3 Å². The lowest BCUT2D eigenvalue weighted by atomic mass is 10.1. The third kappa shape index (κ3) is 3.25. The highest BCUT2D eigenvalue weighted by atomic mass is 35.5. The van der Waals surface area contributed by atoms with Crippen LogP contribution in [0.3, 0.4) is 0 Å². The van der Waals surface area contributed by atoms with E-state index in [1.165, 1.54) is 9.75 Å². The number of aromatic nitrogens is 2. The van der Waals surface area contributed by atoms with Gasteiger partial charge in [-0.05, 0) is 39.4 Å². The summed E-state index contributed by atoms with van der Waals surface area (Å²) in [4.78, 5) is 2.70. The zero-order valence-corrected chi connectivity index (χ0v) is 14.1. The topological polar surface area (TPSA) is 29.9 Å². The predicted molar refractivity (Wildman–Crippen MR) is 86.8 cm³/mol. The van der Waals surface area contributed by atoms with Crippen LogP contribution in [0.25, 0.3) is 0 Å². The van der Waals surface area contributed by atoms with Gasteiger partial charge in [0.15, 0.2) is 0 Å². The quantitative estimate of drug-likeness (QED) is 0.869. The summed E-state index contributed by atoms with van der Waals surface area (Å²) in [5.41, 5.74) is 2.05. The van der Waals surface area contributed by atoms with Gasteiger partial charge in [-0.25, -0.2) is 0 Å². The lowest BCUT2D eigenvalue weighted by molar-refractivity contribution is 0.522. The number of nitrogens with zero attached hydrogens (tertiary/aromatic N) is 2. The molecular formula is C15H22ClN3S. The number of hydrogen-bond acceptors (Lipinski definition) is 3. The fourth-order valence-corrected chi connectivity index (χ4v) is 3.58. The highest BCUT2D eigenvalue weighted by Crippen LogP contribution is 2.29. The number of aryl methyl sites for hydroxylation is 3. The summed E-state index contributed by atoms with van der Waals surface area (Å²) in [6, 6.07) is 4.69. The molecule has 0 saturated carbocycles. The monoisotopic (exact) mass is 311 g/mol. The van der Waals surface area contributed by atoms with E-state index < -0.39 is 0 Å². The SMILES string of the molecule is CCNC(Cc1c(Cl)c(C)nn1CC)c1ccc(C)s1. The van der Waals surface area contributed by atoms with Crippen molar-refractivity contribution < 1.29 is 0 Å². The molecule has 1 atom stereocenters. The number of likely N-dealkylation sites (N-methyl/N-ethyl adjacent to an activating group) is 1. The molecular weight excluding hydrogens is 290 g/mol. The van der Waals surface area contributed by atoms with Crippen LogP contribution in [0.5, 0.6) is 0 Å². The molecule has 1 unspecified atom stereocenters. The molecule has 2 rings (SSSR count). The van der Waals surface area contributed by atoms with Gasteiger partial charge in [-0.15, -0.1) is 11.3 Å². The van der Waals surface area contributed by atoms with Gasteiger partial charge in [0, 0.05) is 28.8 Å². The van der Waals surface area contributed by atoms with Crippen molar-refractivity contribution in [1.82, 2.24) is 15.1 Å². The number of rotatable bonds is 6. The van der Waals surface area contributed by atoms with Crippen LogP contribution in [-0.2, 0) is 13.0 Å². The molecule has 0 aliphatic rings. The van der Waals surface area contributed by atoms with Gasteiger partial charge in [-0.3, -0.25) is 4.68 Å².